The third-order valence-electron chi connectivity index (χ3n) is 3.68. The van der Waals surface area contributed by atoms with Crippen molar-refractivity contribution in [3.8, 4) is 0 Å². The van der Waals surface area contributed by atoms with Gasteiger partial charge in [-0.3, -0.25) is 9.59 Å². The van der Waals surface area contributed by atoms with Crippen LogP contribution in [0.3, 0.4) is 0 Å². The Morgan fingerprint density at radius 2 is 2.00 bits per heavy atom. The van der Waals surface area contributed by atoms with Gasteiger partial charge in [0.25, 0.3) is 0 Å². The van der Waals surface area contributed by atoms with E-state index in [2.05, 4.69) is 10.6 Å². The molecule has 2 aliphatic rings. The summed E-state index contributed by atoms with van der Waals surface area (Å²) in [6.07, 6.45) is 3.03. The van der Waals surface area contributed by atoms with E-state index >= 15 is 0 Å². The topological polar surface area (TPSA) is 70.7 Å². The molecule has 2 saturated heterocycles. The molecule has 0 aromatic heterocycles. The molecular weight excluding hydrogens is 282 g/mol. The normalized spacial score (nSPS) is 24.4. The van der Waals surface area contributed by atoms with Crippen LogP contribution in [0.1, 0.15) is 26.2 Å². The average Bonchev–Trinajstić information content (AvgIpc) is 2.48. The highest BCUT2D eigenvalue weighted by Gasteiger charge is 2.27. The molecule has 2 heterocycles. The minimum Gasteiger partial charge on any atom is -0.378 e. The van der Waals surface area contributed by atoms with Crippen LogP contribution in [0.4, 0.5) is 0 Å². The Balaban J connectivity index is 0.00000200. The summed E-state index contributed by atoms with van der Waals surface area (Å²) < 4.78 is 5.21. The largest absolute Gasteiger partial charge is 0.378 e. The number of hydrogen-bond acceptors (Lipinski definition) is 4. The predicted octanol–water partition coefficient (Wildman–Crippen LogP) is -0.0862. The molecular formula is C13H24ClN3O3. The van der Waals surface area contributed by atoms with Crippen molar-refractivity contribution in [3.05, 3.63) is 0 Å². The molecule has 2 atom stereocenters. The summed E-state index contributed by atoms with van der Waals surface area (Å²) in [6.45, 7) is 5.01. The van der Waals surface area contributed by atoms with Crippen molar-refractivity contribution in [1.82, 2.24) is 15.5 Å². The maximum Gasteiger partial charge on any atom is 0.245 e. The van der Waals surface area contributed by atoms with Crippen LogP contribution in [-0.2, 0) is 14.3 Å². The molecule has 0 bridgehead atoms. The molecule has 1 unspecified atom stereocenters. The van der Waals surface area contributed by atoms with Gasteiger partial charge in [-0.05, 0) is 26.3 Å². The van der Waals surface area contributed by atoms with Crippen molar-refractivity contribution in [1.29, 1.82) is 0 Å². The monoisotopic (exact) mass is 305 g/mol. The molecule has 0 radical (unpaired) electrons. The maximum absolute atomic E-state index is 12.2. The fourth-order valence-corrected chi connectivity index (χ4v) is 2.51. The van der Waals surface area contributed by atoms with E-state index in [1.807, 2.05) is 0 Å². The summed E-state index contributed by atoms with van der Waals surface area (Å²) in [5.74, 6) is -0.0822. The fourth-order valence-electron chi connectivity index (χ4n) is 2.51. The number of ether oxygens (including phenoxy) is 1. The second-order valence-corrected chi connectivity index (χ2v) is 5.17. The van der Waals surface area contributed by atoms with Crippen molar-refractivity contribution in [2.75, 3.05) is 32.8 Å². The zero-order valence-corrected chi connectivity index (χ0v) is 12.7. The first-order chi connectivity index (χ1) is 9.18. The van der Waals surface area contributed by atoms with Gasteiger partial charge in [0.2, 0.25) is 11.8 Å². The molecule has 2 aliphatic heterocycles. The van der Waals surface area contributed by atoms with Gasteiger partial charge in [0.1, 0.15) is 6.04 Å². The van der Waals surface area contributed by atoms with E-state index in [-0.39, 0.29) is 30.3 Å². The lowest BCUT2D eigenvalue weighted by atomic mass is 10.0. The Bertz CT molecular complexity index is 329. The lowest BCUT2D eigenvalue weighted by molar-refractivity contribution is -0.139. The molecule has 0 aliphatic carbocycles. The van der Waals surface area contributed by atoms with Crippen LogP contribution in [0.5, 0.6) is 0 Å². The first-order valence-electron chi connectivity index (χ1n) is 7.09. The van der Waals surface area contributed by atoms with Crippen molar-refractivity contribution >= 4 is 24.2 Å². The number of carbonyl (C=O) groups excluding carboxylic acids is 2. The molecule has 0 aromatic rings. The minimum atomic E-state index is -0.464. The quantitative estimate of drug-likeness (QED) is 0.765. The summed E-state index contributed by atoms with van der Waals surface area (Å²) >= 11 is 0. The highest BCUT2D eigenvalue weighted by Crippen LogP contribution is 2.07. The van der Waals surface area contributed by atoms with Gasteiger partial charge in [0, 0.05) is 13.1 Å². The second-order valence-electron chi connectivity index (χ2n) is 5.17. The number of rotatable bonds is 3. The number of hydrogen-bond donors (Lipinski definition) is 2. The van der Waals surface area contributed by atoms with E-state index in [9.17, 15) is 9.59 Å². The van der Waals surface area contributed by atoms with Gasteiger partial charge in [-0.15, -0.1) is 12.4 Å². The Labute approximate surface area is 126 Å². The van der Waals surface area contributed by atoms with Crippen LogP contribution in [-0.4, -0.2) is 61.6 Å². The van der Waals surface area contributed by atoms with Crippen LogP contribution in [0.15, 0.2) is 0 Å². The van der Waals surface area contributed by atoms with E-state index in [0.717, 1.165) is 25.8 Å². The molecule has 6 nitrogen and oxygen atoms in total. The van der Waals surface area contributed by atoms with Gasteiger partial charge in [0.05, 0.1) is 19.3 Å². The Morgan fingerprint density at radius 1 is 1.30 bits per heavy atom. The number of piperidine rings is 1. The molecule has 116 valence electrons. The summed E-state index contributed by atoms with van der Waals surface area (Å²) in [6, 6.07) is -0.608. The molecule has 7 heteroatoms. The van der Waals surface area contributed by atoms with Crippen LogP contribution in [0, 0.1) is 0 Å². The molecule has 2 amide bonds. The van der Waals surface area contributed by atoms with E-state index in [1.165, 1.54) is 0 Å². The molecule has 20 heavy (non-hydrogen) atoms. The second kappa shape index (κ2) is 8.44. The summed E-state index contributed by atoms with van der Waals surface area (Å²) in [7, 11) is 0. The Hall–Kier alpha value is -0.850. The van der Waals surface area contributed by atoms with Gasteiger partial charge in [-0.2, -0.15) is 0 Å². The van der Waals surface area contributed by atoms with Crippen molar-refractivity contribution in [3.63, 3.8) is 0 Å². The van der Waals surface area contributed by atoms with Crippen molar-refractivity contribution < 1.29 is 14.3 Å². The van der Waals surface area contributed by atoms with E-state index in [0.29, 0.717) is 26.3 Å². The van der Waals surface area contributed by atoms with Crippen LogP contribution in [0.25, 0.3) is 0 Å². The van der Waals surface area contributed by atoms with E-state index in [1.54, 1.807) is 11.8 Å². The van der Waals surface area contributed by atoms with Gasteiger partial charge in [-0.1, -0.05) is 6.42 Å². The molecule has 0 saturated carbocycles. The standard InChI is InChI=1S/C13H23N3O3.ClH/c1-10(13(18)16-6-8-19-9-7-16)15-12(17)11-4-2-3-5-14-11;/h10-11,14H,2-9H2,1H3,(H,15,17);1H/t10?,11-;/m1./s1. The number of halogens is 1. The maximum atomic E-state index is 12.2. The number of carbonyl (C=O) groups is 2. The van der Waals surface area contributed by atoms with Gasteiger partial charge in [0.15, 0.2) is 0 Å². The predicted molar refractivity (Wildman–Crippen MR) is 77.9 cm³/mol. The number of nitrogens with zero attached hydrogens (tertiary/aromatic N) is 1. The highest BCUT2D eigenvalue weighted by atomic mass is 35.5. The number of amides is 2. The molecule has 2 fully saturated rings. The first kappa shape index (κ1) is 17.2. The van der Waals surface area contributed by atoms with Gasteiger partial charge in [-0.25, -0.2) is 0 Å². The van der Waals surface area contributed by atoms with E-state index in [4.69, 9.17) is 4.74 Å². The van der Waals surface area contributed by atoms with Crippen LogP contribution >= 0.6 is 12.4 Å². The highest BCUT2D eigenvalue weighted by molar-refractivity contribution is 5.89. The zero-order chi connectivity index (χ0) is 13.7. The number of nitrogens with one attached hydrogen (secondary N) is 2. The van der Waals surface area contributed by atoms with Gasteiger partial charge >= 0.3 is 0 Å². The zero-order valence-electron chi connectivity index (χ0n) is 11.9. The first-order valence-corrected chi connectivity index (χ1v) is 7.09. The SMILES string of the molecule is CC(NC(=O)[C@H]1CCCCN1)C(=O)N1CCOCC1.Cl. The fraction of sp³-hybridized carbons (Fsp3) is 0.846. The average molecular weight is 306 g/mol. The van der Waals surface area contributed by atoms with Gasteiger partial charge < -0.3 is 20.3 Å². The third-order valence-corrected chi connectivity index (χ3v) is 3.68. The summed E-state index contributed by atoms with van der Waals surface area (Å²) in [5, 5.41) is 6.00. The smallest absolute Gasteiger partial charge is 0.245 e. The van der Waals surface area contributed by atoms with Crippen LogP contribution in [0.2, 0.25) is 0 Å². The van der Waals surface area contributed by atoms with E-state index < -0.39 is 6.04 Å². The lowest BCUT2D eigenvalue weighted by Gasteiger charge is -2.30. The van der Waals surface area contributed by atoms with Crippen molar-refractivity contribution in [2.24, 2.45) is 0 Å². The lowest BCUT2D eigenvalue weighted by Crippen LogP contribution is -2.54. The Morgan fingerprint density at radius 3 is 2.60 bits per heavy atom. The third kappa shape index (κ3) is 4.61. The number of morpholine rings is 1. The molecule has 0 aromatic carbocycles. The summed E-state index contributed by atoms with van der Waals surface area (Å²) in [4.78, 5) is 25.9. The Kier molecular flexibility index (Phi) is 7.26. The van der Waals surface area contributed by atoms with Crippen molar-refractivity contribution in [2.45, 2.75) is 38.3 Å². The molecule has 0 spiro atoms. The minimum absolute atomic E-state index is 0. The molecule has 2 N–H and O–H groups in total. The van der Waals surface area contributed by atoms with Crippen LogP contribution < -0.4 is 10.6 Å². The molecule has 2 rings (SSSR count). The summed E-state index contributed by atoms with van der Waals surface area (Å²) in [5.41, 5.74) is 0.